The maximum absolute atomic E-state index is 13.7. The van der Waals surface area contributed by atoms with Gasteiger partial charge in [0, 0.05) is 12.5 Å². The van der Waals surface area contributed by atoms with Crippen LogP contribution in [0.1, 0.15) is 43.1 Å². The van der Waals surface area contributed by atoms with Crippen LogP contribution in [0.2, 0.25) is 0 Å². The number of rotatable bonds is 4. The van der Waals surface area contributed by atoms with Crippen LogP contribution >= 0.6 is 0 Å². The van der Waals surface area contributed by atoms with E-state index >= 15 is 0 Å². The molecule has 24 heavy (non-hydrogen) atoms. The van der Waals surface area contributed by atoms with E-state index < -0.39 is 6.10 Å². The molecule has 7 heteroatoms. The first-order valence-electron chi connectivity index (χ1n) is 8.01. The number of hydrogen-bond acceptors (Lipinski definition) is 5. The van der Waals surface area contributed by atoms with Crippen molar-refractivity contribution in [2.75, 3.05) is 19.7 Å². The highest BCUT2D eigenvalue weighted by atomic mass is 19.1. The quantitative estimate of drug-likeness (QED) is 0.860. The molecule has 0 spiro atoms. The Morgan fingerprint density at radius 1 is 1.42 bits per heavy atom. The molecule has 1 saturated heterocycles. The van der Waals surface area contributed by atoms with Gasteiger partial charge in [-0.25, -0.2) is 4.39 Å². The Hall–Kier alpha value is -2.28. The van der Waals surface area contributed by atoms with Crippen LogP contribution in [0.4, 0.5) is 4.39 Å². The first-order chi connectivity index (χ1) is 11.5. The zero-order valence-electron chi connectivity index (χ0n) is 13.7. The minimum Gasteiger partial charge on any atom is -0.366 e. The fourth-order valence-electron chi connectivity index (χ4n) is 2.56. The summed E-state index contributed by atoms with van der Waals surface area (Å²) in [6.45, 7) is 5.12. The lowest BCUT2D eigenvalue weighted by Crippen LogP contribution is -2.43. The van der Waals surface area contributed by atoms with Crippen molar-refractivity contribution in [1.82, 2.24) is 15.0 Å². The smallest absolute Gasteiger partial charge is 0.229 e. The van der Waals surface area contributed by atoms with Crippen LogP contribution in [-0.2, 0) is 16.0 Å². The van der Waals surface area contributed by atoms with E-state index in [2.05, 4.69) is 10.1 Å². The fraction of sp³-hybridized carbons (Fsp3) is 0.471. The van der Waals surface area contributed by atoms with E-state index in [1.807, 2.05) is 13.8 Å². The minimum atomic E-state index is -0.417. The van der Waals surface area contributed by atoms with Crippen LogP contribution in [0.5, 0.6) is 0 Å². The van der Waals surface area contributed by atoms with Crippen LogP contribution in [0.25, 0.3) is 0 Å². The number of hydrogen-bond donors (Lipinski definition) is 0. The van der Waals surface area contributed by atoms with Gasteiger partial charge < -0.3 is 14.2 Å². The monoisotopic (exact) mass is 333 g/mol. The van der Waals surface area contributed by atoms with E-state index in [0.29, 0.717) is 37.0 Å². The molecular formula is C17H20FN3O3. The van der Waals surface area contributed by atoms with E-state index in [9.17, 15) is 9.18 Å². The molecule has 0 saturated carbocycles. The Labute approximate surface area is 139 Å². The molecule has 1 aliphatic rings. The summed E-state index contributed by atoms with van der Waals surface area (Å²) in [5.74, 6) is 0.621. The summed E-state index contributed by atoms with van der Waals surface area (Å²) in [5.41, 5.74) is 0.396. The summed E-state index contributed by atoms with van der Waals surface area (Å²) in [6, 6.07) is 6.31. The number of carbonyl (C=O) groups excluding carboxylic acids is 1. The van der Waals surface area contributed by atoms with Crippen LogP contribution in [0, 0.1) is 5.82 Å². The normalized spacial score (nSPS) is 18.2. The second kappa shape index (κ2) is 7.09. The second-order valence-corrected chi connectivity index (χ2v) is 6.11. The fourth-order valence-corrected chi connectivity index (χ4v) is 2.56. The lowest BCUT2D eigenvalue weighted by atomic mass is 10.1. The molecule has 3 rings (SSSR count). The highest BCUT2D eigenvalue weighted by molar-refractivity contribution is 5.79. The lowest BCUT2D eigenvalue weighted by Gasteiger charge is -2.31. The van der Waals surface area contributed by atoms with Crippen molar-refractivity contribution in [2.24, 2.45) is 0 Å². The lowest BCUT2D eigenvalue weighted by molar-refractivity contribution is -0.138. The number of carbonyl (C=O) groups is 1. The number of amides is 1. The summed E-state index contributed by atoms with van der Waals surface area (Å²) in [7, 11) is 0. The molecular weight excluding hydrogens is 313 g/mol. The summed E-state index contributed by atoms with van der Waals surface area (Å²) in [4.78, 5) is 18.4. The molecule has 1 unspecified atom stereocenters. The topological polar surface area (TPSA) is 68.5 Å². The van der Waals surface area contributed by atoms with Gasteiger partial charge >= 0.3 is 0 Å². The van der Waals surface area contributed by atoms with Gasteiger partial charge in [0.25, 0.3) is 0 Å². The van der Waals surface area contributed by atoms with Gasteiger partial charge in [0.15, 0.2) is 0 Å². The van der Waals surface area contributed by atoms with Crippen LogP contribution in [-0.4, -0.2) is 40.6 Å². The Morgan fingerprint density at radius 2 is 2.21 bits per heavy atom. The van der Waals surface area contributed by atoms with Crippen molar-refractivity contribution in [1.29, 1.82) is 0 Å². The summed E-state index contributed by atoms with van der Waals surface area (Å²) >= 11 is 0. The maximum atomic E-state index is 13.7. The van der Waals surface area contributed by atoms with Crippen LogP contribution < -0.4 is 0 Å². The first kappa shape index (κ1) is 16.6. The number of nitrogens with zero attached hydrogens (tertiary/aromatic N) is 3. The van der Waals surface area contributed by atoms with E-state index in [4.69, 9.17) is 9.26 Å². The highest BCUT2D eigenvalue weighted by Crippen LogP contribution is 2.22. The van der Waals surface area contributed by atoms with Crippen LogP contribution in [0.15, 0.2) is 28.8 Å². The predicted octanol–water partition coefficient (Wildman–Crippen LogP) is 2.47. The Bertz CT molecular complexity index is 717. The third-order valence-corrected chi connectivity index (χ3v) is 3.96. The largest absolute Gasteiger partial charge is 0.366 e. The summed E-state index contributed by atoms with van der Waals surface area (Å²) in [6.07, 6.45) is -0.386. The third-order valence-electron chi connectivity index (χ3n) is 3.96. The summed E-state index contributed by atoms with van der Waals surface area (Å²) in [5, 5.41) is 3.94. The SMILES string of the molecule is CC(C)c1nc(C2CN(C(=O)Cc3ccccc3F)CCO2)no1. The Morgan fingerprint density at radius 3 is 2.92 bits per heavy atom. The predicted molar refractivity (Wildman–Crippen MR) is 83.8 cm³/mol. The summed E-state index contributed by atoms with van der Waals surface area (Å²) < 4.78 is 24.6. The number of morpholine rings is 1. The van der Waals surface area contributed by atoms with E-state index in [0.717, 1.165) is 0 Å². The first-order valence-corrected chi connectivity index (χ1v) is 8.01. The van der Waals surface area contributed by atoms with Crippen molar-refractivity contribution < 1.29 is 18.4 Å². The molecule has 0 N–H and O–H groups in total. The number of ether oxygens (including phenoxy) is 1. The van der Waals surface area contributed by atoms with Crippen molar-refractivity contribution in [2.45, 2.75) is 32.3 Å². The molecule has 0 bridgehead atoms. The zero-order valence-corrected chi connectivity index (χ0v) is 13.7. The molecule has 128 valence electrons. The van der Waals surface area contributed by atoms with Gasteiger partial charge in [0.2, 0.25) is 17.6 Å². The zero-order chi connectivity index (χ0) is 17.1. The number of aromatic nitrogens is 2. The Balaban J connectivity index is 1.66. The van der Waals surface area contributed by atoms with E-state index in [1.54, 1.807) is 23.1 Å². The number of benzene rings is 1. The molecule has 1 amide bonds. The molecule has 1 aromatic carbocycles. The number of halogens is 1. The molecule has 2 aromatic rings. The van der Waals surface area contributed by atoms with Gasteiger partial charge in [-0.2, -0.15) is 4.98 Å². The highest BCUT2D eigenvalue weighted by Gasteiger charge is 2.29. The van der Waals surface area contributed by atoms with Gasteiger partial charge in [0.05, 0.1) is 19.6 Å². The van der Waals surface area contributed by atoms with Crippen molar-refractivity contribution in [3.8, 4) is 0 Å². The standard InChI is InChI=1S/C17H20FN3O3/c1-11(2)17-19-16(20-24-17)14-10-21(7-8-23-14)15(22)9-12-5-3-4-6-13(12)18/h3-6,11,14H,7-10H2,1-2H3. The molecule has 2 heterocycles. The molecule has 1 aromatic heterocycles. The van der Waals surface area contributed by atoms with Crippen molar-refractivity contribution in [3.05, 3.63) is 47.4 Å². The Kier molecular flexibility index (Phi) is 4.89. The average Bonchev–Trinajstić information content (AvgIpc) is 3.07. The maximum Gasteiger partial charge on any atom is 0.229 e. The molecule has 6 nitrogen and oxygen atoms in total. The van der Waals surface area contributed by atoms with Crippen molar-refractivity contribution >= 4 is 5.91 Å². The van der Waals surface area contributed by atoms with E-state index in [-0.39, 0.29) is 24.1 Å². The van der Waals surface area contributed by atoms with Gasteiger partial charge in [-0.3, -0.25) is 4.79 Å². The van der Waals surface area contributed by atoms with Crippen LogP contribution in [0.3, 0.4) is 0 Å². The van der Waals surface area contributed by atoms with Crippen molar-refractivity contribution in [3.63, 3.8) is 0 Å². The molecule has 1 atom stereocenters. The molecule has 1 fully saturated rings. The third kappa shape index (κ3) is 3.62. The van der Waals surface area contributed by atoms with Gasteiger partial charge in [0.1, 0.15) is 11.9 Å². The van der Waals surface area contributed by atoms with Gasteiger partial charge in [-0.05, 0) is 11.6 Å². The van der Waals surface area contributed by atoms with E-state index in [1.165, 1.54) is 6.07 Å². The molecule has 0 radical (unpaired) electrons. The molecule has 0 aliphatic carbocycles. The second-order valence-electron chi connectivity index (χ2n) is 6.11. The minimum absolute atomic E-state index is 0.0306. The van der Waals surface area contributed by atoms with Gasteiger partial charge in [-0.1, -0.05) is 37.2 Å². The van der Waals surface area contributed by atoms with Gasteiger partial charge in [-0.15, -0.1) is 0 Å². The average molecular weight is 333 g/mol. The molecule has 1 aliphatic heterocycles.